The molecule has 0 fully saturated rings. The van der Waals surface area contributed by atoms with Crippen molar-refractivity contribution in [2.24, 2.45) is 0 Å². The SMILES string of the molecule is CCCCCCCCCCCCCCCCCC(=O)NS(=O)(=O)c1ccc(N)cc1.O=[P+](O)F.O=[P+](O)F.O=[P+](O)F.O=[P+](O)F.O=[P+](O)F.O=[P+](O)F. The highest BCUT2D eigenvalue weighted by molar-refractivity contribution is 7.90. The van der Waals surface area contributed by atoms with Gasteiger partial charge in [-0.05, 0) is 30.7 Å². The van der Waals surface area contributed by atoms with E-state index in [1.54, 1.807) is 0 Å². The van der Waals surface area contributed by atoms with E-state index < -0.39 is 66.0 Å². The predicted octanol–water partition coefficient (Wildman–Crippen LogP) is 9.97. The van der Waals surface area contributed by atoms with Crippen LogP contribution in [0.1, 0.15) is 110 Å². The average Bonchev–Trinajstić information content (AvgIpc) is 2.97. The number of sulfonamides is 1. The van der Waals surface area contributed by atoms with Gasteiger partial charge in [0.25, 0.3) is 10.0 Å². The molecule has 1 amide bonds. The van der Waals surface area contributed by atoms with Crippen LogP contribution in [0.5, 0.6) is 0 Å². The molecule has 0 spiro atoms. The molecule has 0 aliphatic carbocycles. The van der Waals surface area contributed by atoms with Gasteiger partial charge in [0.05, 0.1) is 30.1 Å². The molecule has 9 N–H and O–H groups in total. The summed E-state index contributed by atoms with van der Waals surface area (Å²) in [6.45, 7) is 2.26. The molecule has 1 aromatic carbocycles. The van der Waals surface area contributed by atoms with E-state index in [1.165, 1.54) is 101 Å². The zero-order valence-electron chi connectivity index (χ0n) is 28.9. The van der Waals surface area contributed by atoms with Gasteiger partial charge in [0.15, 0.2) is 0 Å². The summed E-state index contributed by atoms with van der Waals surface area (Å²) in [5.74, 6) is -0.443. The van der Waals surface area contributed by atoms with Crippen LogP contribution < -0.4 is 10.5 Å². The first-order chi connectivity index (χ1) is 24.8. The van der Waals surface area contributed by atoms with Crippen molar-refractivity contribution < 1.29 is 95.1 Å². The lowest BCUT2D eigenvalue weighted by atomic mass is 10.0. The Bertz CT molecular complexity index is 1160. The Morgan fingerprint density at radius 3 is 1.00 bits per heavy atom. The summed E-state index contributed by atoms with van der Waals surface area (Å²) in [6, 6.07) is 5.82. The van der Waals surface area contributed by atoms with Gasteiger partial charge >= 0.3 is 50.0 Å². The third kappa shape index (κ3) is 92.8. The van der Waals surface area contributed by atoms with Crippen molar-refractivity contribution in [1.82, 2.24) is 4.72 Å². The van der Waals surface area contributed by atoms with Crippen LogP contribution in [-0.2, 0) is 42.2 Å². The average molecular weight is 937 g/mol. The quantitative estimate of drug-likeness (QED) is 0.0294. The van der Waals surface area contributed by atoms with Crippen molar-refractivity contribution in [2.75, 3.05) is 5.73 Å². The van der Waals surface area contributed by atoms with E-state index in [9.17, 15) is 38.4 Å². The predicted molar refractivity (Wildman–Crippen MR) is 191 cm³/mol. The van der Waals surface area contributed by atoms with Crippen molar-refractivity contribution in [3.8, 4) is 0 Å². The molecule has 0 saturated carbocycles. The summed E-state index contributed by atoms with van der Waals surface area (Å²) < 4.78 is 138. The minimum Gasteiger partial charge on any atom is -0.399 e. The maximum atomic E-state index is 12.1. The van der Waals surface area contributed by atoms with E-state index >= 15 is 0 Å². The van der Waals surface area contributed by atoms with Crippen molar-refractivity contribution in [3.05, 3.63) is 24.3 Å². The first-order valence-electron chi connectivity index (χ1n) is 15.2. The number of nitrogens with two attached hydrogens (primary N) is 1. The molecule has 30 heteroatoms. The molecule has 17 nitrogen and oxygen atoms in total. The number of unbranched alkanes of at least 4 members (excludes halogenated alkanes) is 14. The highest BCUT2D eigenvalue weighted by Gasteiger charge is 2.17. The first kappa shape index (κ1) is 64.3. The Balaban J connectivity index is -0.000000193. The van der Waals surface area contributed by atoms with Gasteiger partial charge in [0, 0.05) is 39.5 Å². The Morgan fingerprint density at radius 2 is 0.759 bits per heavy atom. The molecule has 6 atom stereocenters. The van der Waals surface area contributed by atoms with Gasteiger partial charge in [-0.15, -0.1) is 29.4 Å². The largest absolute Gasteiger partial charge is 0.743 e. The lowest BCUT2D eigenvalue weighted by Crippen LogP contribution is -2.30. The number of hydrogen-bond donors (Lipinski definition) is 8. The molecule has 54 heavy (non-hydrogen) atoms. The van der Waals surface area contributed by atoms with E-state index in [0.717, 1.165) is 19.3 Å². The van der Waals surface area contributed by atoms with Crippen molar-refractivity contribution >= 4 is 71.6 Å². The topological polar surface area (TPSA) is 313 Å². The Kier molecular flexibility index (Phi) is 56.6. The van der Waals surface area contributed by atoms with Crippen LogP contribution in [-0.4, -0.2) is 43.7 Å². The number of halogens is 6. The maximum absolute atomic E-state index is 12.1. The van der Waals surface area contributed by atoms with Crippen molar-refractivity contribution in [2.45, 2.75) is 115 Å². The second-order valence-corrected chi connectivity index (χ2v) is 14.1. The van der Waals surface area contributed by atoms with Crippen LogP contribution in [0, 0.1) is 0 Å². The monoisotopic (exact) mass is 936 g/mol. The van der Waals surface area contributed by atoms with Gasteiger partial charge in [-0.3, -0.25) is 4.79 Å². The van der Waals surface area contributed by atoms with Crippen molar-refractivity contribution in [3.63, 3.8) is 0 Å². The molecule has 316 valence electrons. The molecule has 1 aromatic rings. The summed E-state index contributed by atoms with van der Waals surface area (Å²) in [5, 5.41) is 0. The molecular formula is C24H48F6N2O15P6S+6. The van der Waals surface area contributed by atoms with Crippen LogP contribution in [0.15, 0.2) is 29.2 Å². The Morgan fingerprint density at radius 1 is 0.537 bits per heavy atom. The highest BCUT2D eigenvalue weighted by atomic mass is 32.2. The number of carbonyl (C=O) groups excluding carboxylic acids is 1. The van der Waals surface area contributed by atoms with E-state index in [-0.39, 0.29) is 11.3 Å². The number of hydrogen-bond acceptors (Lipinski definition) is 10. The van der Waals surface area contributed by atoms with Crippen LogP contribution in [0.25, 0.3) is 0 Å². The lowest BCUT2D eigenvalue weighted by Gasteiger charge is -2.07. The van der Waals surface area contributed by atoms with Gasteiger partial charge in [-0.1, -0.05) is 96.8 Å². The summed E-state index contributed by atoms with van der Waals surface area (Å²) in [6.07, 6.45) is 19.2. The Hall–Kier alpha value is -1.62. The summed E-state index contributed by atoms with van der Waals surface area (Å²) in [7, 11) is -24.0. The molecule has 0 aliphatic heterocycles. The second-order valence-electron chi connectivity index (χ2n) is 9.65. The molecular weight excluding hydrogens is 888 g/mol. The van der Waals surface area contributed by atoms with Gasteiger partial charge in [-0.25, -0.2) is 13.1 Å². The standard InChI is InChI=1S/C24H42N2O3S.6FO2P/c1-2-3-4-5-6-7-8-9-10-11-12-13-14-15-16-17-24(27)26-30(28,29)23-20-18-22(25)19-21-23;6*1-4(2)3/h18-21H,2-17,25H2,1H3,(H,26,27);;;;;;/p+6. The van der Waals surface area contributed by atoms with E-state index in [0.29, 0.717) is 5.69 Å². The van der Waals surface area contributed by atoms with Gasteiger partial charge < -0.3 is 5.73 Å². The molecule has 0 bridgehead atoms. The van der Waals surface area contributed by atoms with Crippen LogP contribution in [0.2, 0.25) is 0 Å². The second kappa shape index (κ2) is 47.5. The van der Waals surface area contributed by atoms with Gasteiger partial charge in [0.1, 0.15) is 0 Å². The van der Waals surface area contributed by atoms with Crippen LogP contribution in [0.4, 0.5) is 30.9 Å². The molecule has 1 rings (SSSR count). The van der Waals surface area contributed by atoms with Crippen molar-refractivity contribution in [1.29, 1.82) is 0 Å². The van der Waals surface area contributed by atoms with Gasteiger partial charge in [-0.2, -0.15) is 0 Å². The van der Waals surface area contributed by atoms with Gasteiger partial charge in [0.2, 0.25) is 5.91 Å². The molecule has 0 aromatic heterocycles. The number of benzene rings is 1. The minimum absolute atomic E-state index is 0.0570. The molecule has 6 unspecified atom stereocenters. The van der Waals surface area contributed by atoms with Crippen LogP contribution in [0.3, 0.4) is 0 Å². The minimum atomic E-state index is -3.80. The van der Waals surface area contributed by atoms with E-state index in [1.807, 2.05) is 0 Å². The summed E-state index contributed by atoms with van der Waals surface area (Å²) >= 11 is 0. The number of nitrogens with one attached hydrogen (secondary N) is 1. The zero-order chi connectivity index (χ0) is 43.5. The summed E-state index contributed by atoms with van der Waals surface area (Å²) in [5.41, 5.74) is 6.04. The number of anilines is 1. The van der Waals surface area contributed by atoms with E-state index in [4.69, 9.17) is 62.5 Å². The normalized spacial score (nSPS) is 11.3. The number of amides is 1. The number of rotatable bonds is 18. The molecule has 0 heterocycles. The lowest BCUT2D eigenvalue weighted by molar-refractivity contribution is -0.119. The zero-order valence-corrected chi connectivity index (χ0v) is 35.1. The highest BCUT2D eigenvalue weighted by Crippen LogP contribution is 2.16. The van der Waals surface area contributed by atoms with E-state index in [2.05, 4.69) is 11.6 Å². The number of nitrogen functional groups attached to an aromatic ring is 1. The fourth-order valence-electron chi connectivity index (χ4n) is 3.56. The summed E-state index contributed by atoms with van der Waals surface area (Å²) in [4.78, 5) is 53.4. The third-order valence-electron chi connectivity index (χ3n) is 5.45. The van der Waals surface area contributed by atoms with Crippen LogP contribution >= 0.6 is 50.0 Å². The maximum Gasteiger partial charge on any atom is 0.743 e. The Labute approximate surface area is 315 Å². The molecule has 0 aliphatic rings. The fraction of sp³-hybridized carbons (Fsp3) is 0.708. The first-order valence-corrected chi connectivity index (χ1v) is 23.3. The molecule has 0 saturated heterocycles. The molecule has 0 radical (unpaired) electrons. The number of carbonyl (C=O) groups is 1. The fourth-order valence-corrected chi connectivity index (χ4v) is 4.58. The smallest absolute Gasteiger partial charge is 0.399 e. The third-order valence-corrected chi connectivity index (χ3v) is 6.84.